The Morgan fingerprint density at radius 3 is 2.00 bits per heavy atom. The summed E-state index contributed by atoms with van der Waals surface area (Å²) < 4.78 is 22.3. The van der Waals surface area contributed by atoms with E-state index in [1.165, 1.54) is 25.7 Å². The highest BCUT2D eigenvalue weighted by molar-refractivity contribution is 8.15. The molecule has 0 unspecified atom stereocenters. The van der Waals surface area contributed by atoms with Crippen LogP contribution in [0.3, 0.4) is 0 Å². The molecule has 0 amide bonds. The molecule has 82 valence electrons. The maximum absolute atomic E-state index is 11.4. The minimum atomic E-state index is -3.34. The maximum atomic E-state index is 11.4. The van der Waals surface area contributed by atoms with Crippen molar-refractivity contribution in [1.29, 1.82) is 0 Å². The van der Waals surface area contributed by atoms with Gasteiger partial charge in [-0.3, -0.25) is 0 Å². The van der Waals surface area contributed by atoms with Crippen molar-refractivity contribution in [3.8, 4) is 0 Å². The van der Waals surface area contributed by atoms with Crippen molar-refractivity contribution in [3.63, 3.8) is 0 Å². The highest BCUT2D eigenvalue weighted by atomic mass is 35.7. The third kappa shape index (κ3) is 1.81. The highest BCUT2D eigenvalue weighted by Crippen LogP contribution is 2.56. The monoisotopic (exact) mass is 236 g/mol. The predicted molar refractivity (Wildman–Crippen MR) is 57.9 cm³/mol. The lowest BCUT2D eigenvalue weighted by atomic mass is 9.83. The van der Waals surface area contributed by atoms with Gasteiger partial charge in [-0.1, -0.05) is 19.8 Å². The Labute approximate surface area is 90.4 Å². The van der Waals surface area contributed by atoms with Crippen LogP contribution in [0.5, 0.6) is 0 Å². The van der Waals surface area contributed by atoms with Gasteiger partial charge in [0.05, 0.1) is 4.75 Å². The van der Waals surface area contributed by atoms with E-state index in [0.717, 1.165) is 19.3 Å². The van der Waals surface area contributed by atoms with Crippen LogP contribution in [0, 0.1) is 5.41 Å². The molecule has 2 nitrogen and oxygen atoms in total. The summed E-state index contributed by atoms with van der Waals surface area (Å²) in [6.45, 7) is 2.21. The van der Waals surface area contributed by atoms with Crippen molar-refractivity contribution in [2.45, 2.75) is 56.6 Å². The third-order valence-electron chi connectivity index (χ3n) is 3.88. The van der Waals surface area contributed by atoms with Gasteiger partial charge in [0.15, 0.2) is 0 Å². The molecular formula is C10H17ClO2S. The molecule has 0 aliphatic heterocycles. The molecule has 0 bridgehead atoms. The van der Waals surface area contributed by atoms with E-state index in [1.807, 2.05) is 0 Å². The van der Waals surface area contributed by atoms with Gasteiger partial charge in [0.25, 0.3) is 0 Å². The second-order valence-electron chi connectivity index (χ2n) is 5.32. The molecule has 2 aliphatic carbocycles. The van der Waals surface area contributed by atoms with Crippen LogP contribution in [0.4, 0.5) is 0 Å². The predicted octanol–water partition coefficient (Wildman–Crippen LogP) is 3.06. The minimum Gasteiger partial charge on any atom is -0.212 e. The van der Waals surface area contributed by atoms with Crippen LogP contribution >= 0.6 is 10.7 Å². The number of rotatable bonds is 3. The summed E-state index contributed by atoms with van der Waals surface area (Å²) >= 11 is 0. The van der Waals surface area contributed by atoms with Gasteiger partial charge in [-0.05, 0) is 37.5 Å². The molecule has 2 saturated carbocycles. The van der Waals surface area contributed by atoms with Crippen molar-refractivity contribution in [3.05, 3.63) is 0 Å². The average Bonchev–Trinajstić information content (AvgIpc) is 2.68. The fourth-order valence-electron chi connectivity index (χ4n) is 2.83. The number of hydrogen-bond acceptors (Lipinski definition) is 2. The topological polar surface area (TPSA) is 34.1 Å². The van der Waals surface area contributed by atoms with E-state index in [0.29, 0.717) is 0 Å². The molecule has 0 radical (unpaired) electrons. The Morgan fingerprint density at radius 1 is 1.14 bits per heavy atom. The summed E-state index contributed by atoms with van der Waals surface area (Å²) in [5, 5.41) is 0. The van der Waals surface area contributed by atoms with Gasteiger partial charge in [-0.15, -0.1) is 0 Å². The van der Waals surface area contributed by atoms with E-state index >= 15 is 0 Å². The van der Waals surface area contributed by atoms with Crippen LogP contribution in [-0.4, -0.2) is 13.2 Å². The summed E-state index contributed by atoms with van der Waals surface area (Å²) in [5.74, 6) is 0. The van der Waals surface area contributed by atoms with Gasteiger partial charge in [0.2, 0.25) is 9.05 Å². The minimum absolute atomic E-state index is 0.235. The molecule has 4 heteroatoms. The molecule has 0 aromatic carbocycles. The molecule has 0 N–H and O–H groups in total. The molecule has 0 spiro atoms. The van der Waals surface area contributed by atoms with Gasteiger partial charge in [0.1, 0.15) is 0 Å². The van der Waals surface area contributed by atoms with E-state index in [2.05, 4.69) is 6.92 Å². The Kier molecular flexibility index (Phi) is 2.39. The first-order chi connectivity index (χ1) is 6.37. The molecule has 0 aromatic rings. The second kappa shape index (κ2) is 3.11. The largest absolute Gasteiger partial charge is 0.238 e. The van der Waals surface area contributed by atoms with Crippen molar-refractivity contribution in [1.82, 2.24) is 0 Å². The van der Waals surface area contributed by atoms with Crippen molar-refractivity contribution < 1.29 is 8.42 Å². The first-order valence-electron chi connectivity index (χ1n) is 5.31. The smallest absolute Gasteiger partial charge is 0.212 e. The van der Waals surface area contributed by atoms with Crippen LogP contribution in [0.1, 0.15) is 51.9 Å². The standard InChI is InChI=1S/C10H17ClO2S/c1-9(4-2-3-5-9)8-10(6-7-10)14(11,12)13/h2-8H2,1H3. The Morgan fingerprint density at radius 2 is 1.64 bits per heavy atom. The van der Waals surface area contributed by atoms with Crippen LogP contribution in [0.15, 0.2) is 0 Å². The molecule has 0 heterocycles. The van der Waals surface area contributed by atoms with Crippen LogP contribution in [0.2, 0.25) is 0 Å². The van der Waals surface area contributed by atoms with Crippen LogP contribution < -0.4 is 0 Å². The van der Waals surface area contributed by atoms with Gasteiger partial charge < -0.3 is 0 Å². The van der Waals surface area contributed by atoms with E-state index in [-0.39, 0.29) is 5.41 Å². The quantitative estimate of drug-likeness (QED) is 0.706. The normalized spacial score (nSPS) is 29.0. The van der Waals surface area contributed by atoms with Crippen LogP contribution in [-0.2, 0) is 9.05 Å². The van der Waals surface area contributed by atoms with E-state index in [4.69, 9.17) is 10.7 Å². The molecule has 0 aromatic heterocycles. The molecule has 0 atom stereocenters. The number of halogens is 1. The van der Waals surface area contributed by atoms with Gasteiger partial charge in [0, 0.05) is 10.7 Å². The summed E-state index contributed by atoms with van der Waals surface area (Å²) in [4.78, 5) is 0. The Hall–Kier alpha value is 0.240. The summed E-state index contributed by atoms with van der Waals surface area (Å²) in [6.07, 6.45) is 7.15. The summed E-state index contributed by atoms with van der Waals surface area (Å²) in [7, 11) is 2.16. The third-order valence-corrected chi connectivity index (χ3v) is 6.45. The molecule has 14 heavy (non-hydrogen) atoms. The zero-order valence-corrected chi connectivity index (χ0v) is 10.1. The lowest BCUT2D eigenvalue weighted by Crippen LogP contribution is -2.26. The van der Waals surface area contributed by atoms with Gasteiger partial charge >= 0.3 is 0 Å². The molecule has 2 rings (SSSR count). The maximum Gasteiger partial charge on any atom is 0.238 e. The van der Waals surface area contributed by atoms with Crippen molar-refractivity contribution in [2.75, 3.05) is 0 Å². The SMILES string of the molecule is CC1(CC2(S(=O)(=O)Cl)CC2)CCCC1. The molecule has 0 saturated heterocycles. The zero-order chi connectivity index (χ0) is 10.4. The fraction of sp³-hybridized carbons (Fsp3) is 1.00. The first-order valence-corrected chi connectivity index (χ1v) is 7.62. The van der Waals surface area contributed by atoms with E-state index in [9.17, 15) is 8.42 Å². The summed E-state index contributed by atoms with van der Waals surface area (Å²) in [5.41, 5.74) is 0.235. The Bertz CT molecular complexity index is 324. The average molecular weight is 237 g/mol. The number of hydrogen-bond donors (Lipinski definition) is 0. The lowest BCUT2D eigenvalue weighted by Gasteiger charge is -2.27. The fourth-order valence-corrected chi connectivity index (χ4v) is 4.57. The van der Waals surface area contributed by atoms with Gasteiger partial charge in [-0.2, -0.15) is 0 Å². The van der Waals surface area contributed by atoms with Crippen LogP contribution in [0.25, 0.3) is 0 Å². The van der Waals surface area contributed by atoms with Gasteiger partial charge in [-0.25, -0.2) is 8.42 Å². The highest BCUT2D eigenvalue weighted by Gasteiger charge is 2.56. The van der Waals surface area contributed by atoms with E-state index in [1.54, 1.807) is 0 Å². The first kappa shape index (κ1) is 10.7. The molecule has 2 aliphatic rings. The molecule has 2 fully saturated rings. The molecular weight excluding hydrogens is 220 g/mol. The zero-order valence-electron chi connectivity index (χ0n) is 8.55. The Balaban J connectivity index is 2.11. The second-order valence-corrected chi connectivity index (χ2v) is 8.28. The lowest BCUT2D eigenvalue weighted by molar-refractivity contribution is 0.296. The van der Waals surface area contributed by atoms with E-state index < -0.39 is 13.8 Å². The summed E-state index contributed by atoms with van der Waals surface area (Å²) in [6, 6.07) is 0. The van der Waals surface area contributed by atoms with Crippen molar-refractivity contribution in [2.24, 2.45) is 5.41 Å². The van der Waals surface area contributed by atoms with Crippen molar-refractivity contribution >= 4 is 19.7 Å².